The number of benzene rings is 1. The van der Waals surface area contributed by atoms with Gasteiger partial charge in [0.2, 0.25) is 5.91 Å². The zero-order valence-electron chi connectivity index (χ0n) is 18.4. The minimum atomic E-state index is -0.112. The molecular formula is C23H28N4O3S2. The first-order valence-electron chi connectivity index (χ1n) is 10.9. The molecule has 1 N–H and O–H groups in total. The molecule has 32 heavy (non-hydrogen) atoms. The highest BCUT2D eigenvalue weighted by Gasteiger charge is 2.23. The van der Waals surface area contributed by atoms with Crippen molar-refractivity contribution in [1.82, 2.24) is 14.8 Å². The number of hydrogen-bond acceptors (Lipinski definition) is 7. The molecule has 9 heteroatoms. The third-order valence-corrected chi connectivity index (χ3v) is 7.23. The predicted molar refractivity (Wildman–Crippen MR) is 129 cm³/mol. The SMILES string of the molecule is CCOc1ccccc1NC(=O)CSc1nnc(-c2csc(CC)c2)n1CC1CCCO1. The van der Waals surface area contributed by atoms with E-state index in [0.717, 1.165) is 42.4 Å². The van der Waals surface area contributed by atoms with Gasteiger partial charge >= 0.3 is 0 Å². The lowest BCUT2D eigenvalue weighted by atomic mass is 10.2. The van der Waals surface area contributed by atoms with Crippen LogP contribution in [-0.4, -0.2) is 45.7 Å². The second-order valence-corrected chi connectivity index (χ2v) is 9.41. The Morgan fingerprint density at radius 1 is 1.34 bits per heavy atom. The molecule has 1 atom stereocenters. The third-order valence-electron chi connectivity index (χ3n) is 5.18. The van der Waals surface area contributed by atoms with Crippen LogP contribution in [-0.2, 0) is 22.5 Å². The molecule has 1 fully saturated rings. The van der Waals surface area contributed by atoms with Gasteiger partial charge in [-0.1, -0.05) is 30.8 Å². The first kappa shape index (κ1) is 22.8. The summed E-state index contributed by atoms with van der Waals surface area (Å²) in [4.78, 5) is 14.0. The second-order valence-electron chi connectivity index (χ2n) is 7.47. The van der Waals surface area contributed by atoms with Crippen molar-refractivity contribution in [2.45, 2.75) is 50.9 Å². The fourth-order valence-electron chi connectivity index (χ4n) is 3.62. The summed E-state index contributed by atoms with van der Waals surface area (Å²) in [5.74, 6) is 1.62. The van der Waals surface area contributed by atoms with Crippen LogP contribution in [0.1, 0.15) is 31.6 Å². The summed E-state index contributed by atoms with van der Waals surface area (Å²) in [6, 6.07) is 9.63. The van der Waals surface area contributed by atoms with Gasteiger partial charge in [0, 0.05) is 22.4 Å². The molecule has 1 unspecified atom stereocenters. The molecule has 0 spiro atoms. The maximum Gasteiger partial charge on any atom is 0.234 e. The molecule has 0 saturated carbocycles. The van der Waals surface area contributed by atoms with Crippen LogP contribution in [0.5, 0.6) is 5.75 Å². The van der Waals surface area contributed by atoms with E-state index in [9.17, 15) is 4.79 Å². The molecule has 0 bridgehead atoms. The highest BCUT2D eigenvalue weighted by atomic mass is 32.2. The van der Waals surface area contributed by atoms with E-state index >= 15 is 0 Å². The Balaban J connectivity index is 1.48. The number of ether oxygens (including phenoxy) is 2. The highest BCUT2D eigenvalue weighted by Crippen LogP contribution is 2.30. The zero-order chi connectivity index (χ0) is 22.3. The number of rotatable bonds is 10. The number of amides is 1. The number of thiophene rings is 1. The van der Waals surface area contributed by atoms with Crippen LogP contribution in [0.4, 0.5) is 5.69 Å². The molecule has 1 amide bonds. The van der Waals surface area contributed by atoms with E-state index in [1.165, 1.54) is 16.6 Å². The number of aryl methyl sites for hydroxylation is 1. The van der Waals surface area contributed by atoms with Crippen LogP contribution < -0.4 is 10.1 Å². The number of anilines is 1. The number of nitrogens with zero attached hydrogens (tertiary/aromatic N) is 3. The van der Waals surface area contributed by atoms with Crippen LogP contribution in [0.15, 0.2) is 40.9 Å². The van der Waals surface area contributed by atoms with Crippen molar-refractivity contribution in [1.29, 1.82) is 0 Å². The molecule has 1 aromatic carbocycles. The zero-order valence-corrected chi connectivity index (χ0v) is 20.0. The Kier molecular flexibility index (Phi) is 7.83. The average molecular weight is 473 g/mol. The number of aromatic nitrogens is 3. The van der Waals surface area contributed by atoms with Gasteiger partial charge in [-0.25, -0.2) is 0 Å². The summed E-state index contributed by atoms with van der Waals surface area (Å²) in [6.07, 6.45) is 3.25. The largest absolute Gasteiger partial charge is 0.492 e. The van der Waals surface area contributed by atoms with Gasteiger partial charge in [0.1, 0.15) is 5.75 Å². The van der Waals surface area contributed by atoms with E-state index in [1.54, 1.807) is 11.3 Å². The maximum absolute atomic E-state index is 12.6. The van der Waals surface area contributed by atoms with Crippen molar-refractivity contribution in [3.05, 3.63) is 40.6 Å². The van der Waals surface area contributed by atoms with Crippen LogP contribution in [0, 0.1) is 0 Å². The molecule has 3 heterocycles. The van der Waals surface area contributed by atoms with Crippen LogP contribution >= 0.6 is 23.1 Å². The molecule has 1 saturated heterocycles. The van der Waals surface area contributed by atoms with Crippen LogP contribution in [0.3, 0.4) is 0 Å². The second kappa shape index (κ2) is 11.0. The molecule has 7 nitrogen and oxygen atoms in total. The first-order valence-corrected chi connectivity index (χ1v) is 12.8. The summed E-state index contributed by atoms with van der Waals surface area (Å²) in [5.41, 5.74) is 1.74. The summed E-state index contributed by atoms with van der Waals surface area (Å²) < 4.78 is 13.6. The van der Waals surface area contributed by atoms with Crippen molar-refractivity contribution in [2.24, 2.45) is 0 Å². The summed E-state index contributed by atoms with van der Waals surface area (Å²) in [5, 5.41) is 14.7. The predicted octanol–water partition coefficient (Wildman–Crippen LogP) is 4.88. The number of nitrogens with one attached hydrogen (secondary N) is 1. The molecule has 4 rings (SSSR count). The van der Waals surface area contributed by atoms with Crippen LogP contribution in [0.2, 0.25) is 0 Å². The summed E-state index contributed by atoms with van der Waals surface area (Å²) >= 11 is 3.12. The smallest absolute Gasteiger partial charge is 0.234 e. The molecule has 1 aliphatic rings. The summed E-state index contributed by atoms with van der Waals surface area (Å²) in [6.45, 7) is 6.10. The Hall–Kier alpha value is -2.36. The lowest BCUT2D eigenvalue weighted by Crippen LogP contribution is -2.18. The summed E-state index contributed by atoms with van der Waals surface area (Å²) in [7, 11) is 0. The molecule has 3 aromatic rings. The van der Waals surface area contributed by atoms with Crippen molar-refractivity contribution < 1.29 is 14.3 Å². The van der Waals surface area contributed by atoms with Crippen molar-refractivity contribution in [2.75, 3.05) is 24.3 Å². The van der Waals surface area contributed by atoms with E-state index in [-0.39, 0.29) is 17.8 Å². The highest BCUT2D eigenvalue weighted by molar-refractivity contribution is 7.99. The van der Waals surface area contributed by atoms with E-state index in [2.05, 4.69) is 38.5 Å². The van der Waals surface area contributed by atoms with E-state index in [1.807, 2.05) is 31.2 Å². The number of carbonyl (C=O) groups is 1. The van der Waals surface area contributed by atoms with Gasteiger partial charge in [0.25, 0.3) is 0 Å². The van der Waals surface area contributed by atoms with Gasteiger partial charge in [-0.05, 0) is 44.4 Å². The average Bonchev–Trinajstić information content (AvgIpc) is 3.55. The standard InChI is InChI=1S/C23H28N4O3S2/c1-3-18-12-16(14-31-18)22-25-26-23(27(22)13-17-8-7-11-30-17)32-15-21(28)24-19-9-5-6-10-20(19)29-4-2/h5-6,9-10,12,14,17H,3-4,7-8,11,13,15H2,1-2H3,(H,24,28). The van der Waals surface area contributed by atoms with Crippen molar-refractivity contribution >= 4 is 34.7 Å². The number of thioether (sulfide) groups is 1. The molecule has 1 aliphatic heterocycles. The van der Waals surface area contributed by atoms with Crippen molar-refractivity contribution in [3.63, 3.8) is 0 Å². The third kappa shape index (κ3) is 5.51. The fraction of sp³-hybridized carbons (Fsp3) is 0.435. The minimum Gasteiger partial charge on any atom is -0.492 e. The molecule has 170 valence electrons. The van der Waals surface area contributed by atoms with Gasteiger partial charge in [-0.15, -0.1) is 21.5 Å². The Morgan fingerprint density at radius 3 is 2.97 bits per heavy atom. The van der Waals surface area contributed by atoms with Gasteiger partial charge in [0.15, 0.2) is 11.0 Å². The molecule has 0 radical (unpaired) electrons. The van der Waals surface area contributed by atoms with Gasteiger partial charge in [-0.3, -0.25) is 9.36 Å². The maximum atomic E-state index is 12.6. The van der Waals surface area contributed by atoms with E-state index < -0.39 is 0 Å². The van der Waals surface area contributed by atoms with Gasteiger partial charge < -0.3 is 14.8 Å². The molecular weight excluding hydrogens is 444 g/mol. The number of para-hydroxylation sites is 2. The first-order chi connectivity index (χ1) is 15.7. The van der Waals surface area contributed by atoms with Crippen LogP contribution in [0.25, 0.3) is 11.4 Å². The molecule has 0 aliphatic carbocycles. The number of hydrogen-bond donors (Lipinski definition) is 1. The number of carbonyl (C=O) groups excluding carboxylic acids is 1. The Morgan fingerprint density at radius 2 is 2.22 bits per heavy atom. The van der Waals surface area contributed by atoms with Crippen molar-refractivity contribution in [3.8, 4) is 17.1 Å². The monoisotopic (exact) mass is 472 g/mol. The topological polar surface area (TPSA) is 78.3 Å². The molecule has 2 aromatic heterocycles. The van der Waals surface area contributed by atoms with Gasteiger partial charge in [-0.2, -0.15) is 0 Å². The quantitative estimate of drug-likeness (QED) is 0.424. The lowest BCUT2D eigenvalue weighted by molar-refractivity contribution is -0.113. The Bertz CT molecular complexity index is 1040. The normalized spacial score (nSPS) is 15.8. The Labute approximate surface area is 196 Å². The minimum absolute atomic E-state index is 0.112. The fourth-order valence-corrected chi connectivity index (χ4v) is 5.18. The van der Waals surface area contributed by atoms with Gasteiger partial charge in [0.05, 0.1) is 30.7 Å². The van der Waals surface area contributed by atoms with E-state index in [4.69, 9.17) is 9.47 Å². The lowest BCUT2D eigenvalue weighted by Gasteiger charge is -2.14. The van der Waals surface area contributed by atoms with E-state index in [0.29, 0.717) is 24.6 Å².